The summed E-state index contributed by atoms with van der Waals surface area (Å²) in [5.74, 6) is 0.0213. The number of likely N-dealkylation sites (tertiary alicyclic amines) is 1. The second-order valence-electron chi connectivity index (χ2n) is 13.9. The fraction of sp³-hybridized carbons (Fsp3) is 0.444. The zero-order valence-corrected chi connectivity index (χ0v) is 29.4. The molecule has 3 fully saturated rings. The molecule has 0 radical (unpaired) electrons. The quantitative estimate of drug-likeness (QED) is 0.208. The number of anilines is 1. The van der Waals surface area contributed by atoms with Crippen molar-refractivity contribution >= 4 is 68.3 Å². The van der Waals surface area contributed by atoms with Gasteiger partial charge in [-0.15, -0.1) is 0 Å². The molecule has 50 heavy (non-hydrogen) atoms. The van der Waals surface area contributed by atoms with Crippen LogP contribution in [-0.2, 0) is 16.6 Å². The van der Waals surface area contributed by atoms with Crippen molar-refractivity contribution in [1.82, 2.24) is 34.1 Å². The van der Waals surface area contributed by atoms with Gasteiger partial charge < -0.3 is 10.2 Å². The van der Waals surface area contributed by atoms with Crippen LogP contribution in [-0.4, -0.2) is 66.2 Å². The van der Waals surface area contributed by atoms with Crippen LogP contribution in [0.4, 0.5) is 5.69 Å². The van der Waals surface area contributed by atoms with E-state index in [2.05, 4.69) is 37.5 Å². The van der Waals surface area contributed by atoms with Crippen LogP contribution >= 0.6 is 22.9 Å². The normalized spacial score (nSPS) is 22.3. The van der Waals surface area contributed by atoms with Gasteiger partial charge in [0.15, 0.2) is 5.01 Å². The summed E-state index contributed by atoms with van der Waals surface area (Å²) >= 11 is 7.09. The lowest BCUT2D eigenvalue weighted by atomic mass is 9.84. The van der Waals surface area contributed by atoms with E-state index in [1.165, 1.54) is 11.8 Å². The Morgan fingerprint density at radius 2 is 1.84 bits per heavy atom. The summed E-state index contributed by atoms with van der Waals surface area (Å²) < 4.78 is 5.85. The number of aryl methyl sites for hydroxylation is 1. The molecule has 0 bridgehead atoms. The lowest BCUT2D eigenvalue weighted by Gasteiger charge is -2.37. The van der Waals surface area contributed by atoms with Crippen molar-refractivity contribution in [3.05, 3.63) is 74.2 Å². The molecule has 1 saturated carbocycles. The Hall–Kier alpha value is -4.33. The molecule has 0 spiro atoms. The lowest BCUT2D eigenvalue weighted by Crippen LogP contribution is -2.44. The van der Waals surface area contributed by atoms with Gasteiger partial charge in [-0.1, -0.05) is 35.1 Å². The molecule has 260 valence electrons. The SMILES string of the molecule is Cn1c(=O)n(C2CCC(=O)NC2=O)c2cccc(C3CCN(CC4CCC(n5cc6cc(NC(=O)c7ncc(Cl)s7)ccc6n5)CC4)CC3)c21. The Bertz CT molecular complexity index is 2170. The van der Waals surface area contributed by atoms with Gasteiger partial charge in [0.25, 0.3) is 5.91 Å². The van der Waals surface area contributed by atoms with E-state index in [-0.39, 0.29) is 23.9 Å². The topological polar surface area (TPSA) is 136 Å². The Kier molecular flexibility index (Phi) is 8.82. The van der Waals surface area contributed by atoms with Crippen LogP contribution in [0.5, 0.6) is 0 Å². The third kappa shape index (κ3) is 6.26. The first-order valence-electron chi connectivity index (χ1n) is 17.4. The Morgan fingerprint density at radius 1 is 1.04 bits per heavy atom. The number of benzene rings is 2. The second kappa shape index (κ2) is 13.4. The number of fused-ring (bicyclic) bond motifs is 2. The van der Waals surface area contributed by atoms with Crippen LogP contribution < -0.4 is 16.3 Å². The number of carbonyl (C=O) groups excluding carboxylic acids is 3. The Labute approximate surface area is 297 Å². The van der Waals surface area contributed by atoms with Crippen molar-refractivity contribution in [2.24, 2.45) is 13.0 Å². The molecule has 12 nitrogen and oxygen atoms in total. The van der Waals surface area contributed by atoms with Gasteiger partial charge in [0.05, 0.1) is 28.8 Å². The number of imide groups is 1. The molecule has 14 heteroatoms. The number of aromatic nitrogens is 5. The van der Waals surface area contributed by atoms with Crippen molar-refractivity contribution in [3.63, 3.8) is 0 Å². The largest absolute Gasteiger partial charge is 0.329 e. The van der Waals surface area contributed by atoms with E-state index < -0.39 is 11.9 Å². The van der Waals surface area contributed by atoms with Crippen LogP contribution in [0, 0.1) is 5.92 Å². The van der Waals surface area contributed by atoms with Gasteiger partial charge in [-0.2, -0.15) is 5.10 Å². The summed E-state index contributed by atoms with van der Waals surface area (Å²) in [7, 11) is 1.78. The van der Waals surface area contributed by atoms with E-state index in [1.807, 2.05) is 30.3 Å². The van der Waals surface area contributed by atoms with Crippen LogP contribution in [0.1, 0.15) is 84.7 Å². The summed E-state index contributed by atoms with van der Waals surface area (Å²) in [6.07, 6.45) is 10.7. The molecular weight excluding hydrogens is 676 g/mol. The van der Waals surface area contributed by atoms with Gasteiger partial charge in [-0.3, -0.25) is 33.5 Å². The highest BCUT2D eigenvalue weighted by atomic mass is 35.5. The van der Waals surface area contributed by atoms with E-state index in [1.54, 1.807) is 16.2 Å². The third-order valence-corrected chi connectivity index (χ3v) is 12.0. The van der Waals surface area contributed by atoms with Crippen LogP contribution in [0.3, 0.4) is 0 Å². The molecule has 5 heterocycles. The van der Waals surface area contributed by atoms with Gasteiger partial charge in [0.1, 0.15) is 10.4 Å². The molecule has 2 aliphatic heterocycles. The Morgan fingerprint density at radius 3 is 2.58 bits per heavy atom. The molecule has 1 unspecified atom stereocenters. The third-order valence-electron chi connectivity index (χ3n) is 10.8. The van der Waals surface area contributed by atoms with E-state index in [0.29, 0.717) is 39.3 Å². The minimum Gasteiger partial charge on any atom is -0.320 e. The summed E-state index contributed by atoms with van der Waals surface area (Å²) in [5, 5.41) is 11.5. The maximum atomic E-state index is 13.4. The van der Waals surface area contributed by atoms with Crippen molar-refractivity contribution in [1.29, 1.82) is 0 Å². The molecule has 8 rings (SSSR count). The van der Waals surface area contributed by atoms with Gasteiger partial charge >= 0.3 is 5.69 Å². The fourth-order valence-corrected chi connectivity index (χ4v) is 9.07. The smallest absolute Gasteiger partial charge is 0.320 e. The first-order valence-corrected chi connectivity index (χ1v) is 18.6. The molecule has 3 aliphatic rings. The average molecular weight is 715 g/mol. The van der Waals surface area contributed by atoms with Gasteiger partial charge in [0, 0.05) is 37.3 Å². The monoisotopic (exact) mass is 714 g/mol. The number of thiazole rings is 1. The number of halogens is 1. The molecule has 2 aromatic carbocycles. The van der Waals surface area contributed by atoms with Crippen molar-refractivity contribution < 1.29 is 14.4 Å². The first kappa shape index (κ1) is 32.9. The maximum Gasteiger partial charge on any atom is 0.329 e. The average Bonchev–Trinajstić information content (AvgIpc) is 3.81. The fourth-order valence-electron chi connectivity index (χ4n) is 8.27. The van der Waals surface area contributed by atoms with Gasteiger partial charge in [0.2, 0.25) is 11.8 Å². The summed E-state index contributed by atoms with van der Waals surface area (Å²) in [4.78, 5) is 57.0. The standard InChI is InChI=1S/C36H39ClN8O4S/c1-42-32-26(3-2-4-28(32)45(36(42)49)29-11-12-31(46)40-33(29)47)22-13-15-43(16-14-22)19-21-5-8-25(9-6-21)44-20-23-17-24(7-10-27(23)41-44)39-34(48)35-38-18-30(37)50-35/h2-4,7,10,17-18,20-22,25,29H,5-6,8-9,11-16,19H2,1H3,(H,39,48)(H,40,46,47). The molecule has 1 atom stereocenters. The van der Waals surface area contributed by atoms with Crippen LogP contribution in [0.25, 0.3) is 21.9 Å². The highest BCUT2D eigenvalue weighted by Crippen LogP contribution is 2.37. The van der Waals surface area contributed by atoms with Crippen LogP contribution in [0.15, 0.2) is 53.6 Å². The number of imidazole rings is 1. The zero-order valence-electron chi connectivity index (χ0n) is 27.8. The number of piperidine rings is 2. The molecule has 1 aliphatic carbocycles. The molecule has 2 saturated heterocycles. The number of hydrogen-bond acceptors (Lipinski definition) is 8. The number of rotatable bonds is 7. The zero-order chi connectivity index (χ0) is 34.5. The summed E-state index contributed by atoms with van der Waals surface area (Å²) in [6, 6.07) is 11.5. The minimum atomic E-state index is -0.675. The number of amides is 3. The summed E-state index contributed by atoms with van der Waals surface area (Å²) in [5.41, 5.74) is 4.22. The number of hydrogen-bond donors (Lipinski definition) is 2. The number of carbonyl (C=O) groups is 3. The van der Waals surface area contributed by atoms with E-state index in [9.17, 15) is 19.2 Å². The summed E-state index contributed by atoms with van der Waals surface area (Å²) in [6.45, 7) is 3.13. The van der Waals surface area contributed by atoms with Gasteiger partial charge in [-0.25, -0.2) is 9.78 Å². The highest BCUT2D eigenvalue weighted by Gasteiger charge is 2.33. The predicted molar refractivity (Wildman–Crippen MR) is 193 cm³/mol. The number of para-hydroxylation sites is 1. The lowest BCUT2D eigenvalue weighted by molar-refractivity contribution is -0.135. The molecular formula is C36H39ClN8O4S. The van der Waals surface area contributed by atoms with Crippen molar-refractivity contribution in [2.75, 3.05) is 25.0 Å². The number of nitrogens with one attached hydrogen (secondary N) is 2. The first-order chi connectivity index (χ1) is 24.2. The Balaban J connectivity index is 0.865. The van der Waals surface area contributed by atoms with Crippen molar-refractivity contribution in [3.8, 4) is 0 Å². The maximum absolute atomic E-state index is 13.4. The van der Waals surface area contributed by atoms with E-state index >= 15 is 0 Å². The molecule has 2 N–H and O–H groups in total. The second-order valence-corrected chi connectivity index (χ2v) is 15.6. The van der Waals surface area contributed by atoms with Crippen LogP contribution in [0.2, 0.25) is 4.34 Å². The molecule has 5 aromatic rings. The highest BCUT2D eigenvalue weighted by molar-refractivity contribution is 7.17. The molecule has 3 amide bonds. The van der Waals surface area contributed by atoms with Gasteiger partial charge in [-0.05, 0) is 99.7 Å². The van der Waals surface area contributed by atoms with E-state index in [4.69, 9.17) is 16.7 Å². The van der Waals surface area contributed by atoms with Crippen molar-refractivity contribution in [2.45, 2.75) is 69.4 Å². The predicted octanol–water partition coefficient (Wildman–Crippen LogP) is 5.64. The minimum absolute atomic E-state index is 0.217. The number of nitrogens with zero attached hydrogens (tertiary/aromatic N) is 6. The van der Waals surface area contributed by atoms with E-state index in [0.717, 1.165) is 91.4 Å². The molecule has 3 aromatic heterocycles.